The van der Waals surface area contributed by atoms with E-state index < -0.39 is 5.82 Å². The lowest BCUT2D eigenvalue weighted by atomic mass is 10.2. The van der Waals surface area contributed by atoms with E-state index in [-0.39, 0.29) is 11.5 Å². The number of rotatable bonds is 1. The molecule has 1 amide bonds. The number of aromatic nitrogens is 1. The zero-order valence-corrected chi connectivity index (χ0v) is 9.16. The highest BCUT2D eigenvalue weighted by molar-refractivity contribution is 5.94. The first-order chi connectivity index (χ1) is 7.79. The van der Waals surface area contributed by atoms with Crippen LogP contribution in [-0.4, -0.2) is 28.9 Å². The van der Waals surface area contributed by atoms with Crippen LogP contribution in [0.2, 0.25) is 0 Å². The third-order valence-electron chi connectivity index (χ3n) is 2.90. The highest BCUT2D eigenvalue weighted by Crippen LogP contribution is 2.14. The van der Waals surface area contributed by atoms with Crippen LogP contribution in [0.5, 0.6) is 0 Å². The van der Waals surface area contributed by atoms with Crippen LogP contribution >= 0.6 is 0 Å². The fourth-order valence-corrected chi connectivity index (χ4v) is 1.99. The number of pyridine rings is 1. The molecule has 0 atom stereocenters. The molecule has 1 fully saturated rings. The van der Waals surface area contributed by atoms with Crippen molar-refractivity contribution < 1.29 is 9.18 Å². The quantitative estimate of drug-likeness (QED) is 0.730. The van der Waals surface area contributed by atoms with E-state index in [0.29, 0.717) is 0 Å². The van der Waals surface area contributed by atoms with Crippen LogP contribution in [0.15, 0.2) is 18.5 Å². The predicted molar refractivity (Wildman–Crippen MR) is 58.6 cm³/mol. The van der Waals surface area contributed by atoms with Gasteiger partial charge in [-0.25, -0.2) is 4.39 Å². The molecule has 1 aromatic rings. The number of nitrogens with zero attached hydrogens (tertiary/aromatic N) is 2. The number of amides is 1. The number of carbonyl (C=O) groups is 1. The second kappa shape index (κ2) is 5.05. The second-order valence-electron chi connectivity index (χ2n) is 4.06. The smallest absolute Gasteiger partial charge is 0.256 e. The van der Waals surface area contributed by atoms with Crippen LogP contribution in [0.4, 0.5) is 4.39 Å². The van der Waals surface area contributed by atoms with Crippen molar-refractivity contribution in [2.24, 2.45) is 0 Å². The number of carbonyl (C=O) groups excluding carboxylic acids is 1. The molecule has 0 saturated carbocycles. The molecule has 2 rings (SSSR count). The maximum absolute atomic E-state index is 13.4. The summed E-state index contributed by atoms with van der Waals surface area (Å²) in [7, 11) is 0. The van der Waals surface area contributed by atoms with Gasteiger partial charge in [-0.1, -0.05) is 12.8 Å². The Bertz CT molecular complexity index is 373. The van der Waals surface area contributed by atoms with E-state index in [1.165, 1.54) is 12.3 Å². The Kier molecular flexibility index (Phi) is 3.49. The Morgan fingerprint density at radius 2 is 1.94 bits per heavy atom. The van der Waals surface area contributed by atoms with E-state index in [1.54, 1.807) is 4.90 Å². The van der Waals surface area contributed by atoms with Gasteiger partial charge in [-0.05, 0) is 18.9 Å². The highest BCUT2D eigenvalue weighted by atomic mass is 19.1. The number of hydrogen-bond donors (Lipinski definition) is 0. The average molecular weight is 222 g/mol. The van der Waals surface area contributed by atoms with Gasteiger partial charge in [0.05, 0.1) is 11.8 Å². The second-order valence-corrected chi connectivity index (χ2v) is 4.06. The van der Waals surface area contributed by atoms with Crippen LogP contribution < -0.4 is 0 Å². The molecule has 1 aliphatic heterocycles. The monoisotopic (exact) mass is 222 g/mol. The molecule has 0 aliphatic carbocycles. The fourth-order valence-electron chi connectivity index (χ4n) is 1.99. The van der Waals surface area contributed by atoms with Crippen molar-refractivity contribution >= 4 is 5.91 Å². The normalized spacial score (nSPS) is 16.9. The molecule has 3 nitrogen and oxygen atoms in total. The van der Waals surface area contributed by atoms with Crippen molar-refractivity contribution in [2.75, 3.05) is 13.1 Å². The molecule has 4 heteroatoms. The SMILES string of the molecule is O=C(c1ccncc1F)N1CCCCCC1. The molecule has 0 aromatic carbocycles. The molecule has 0 unspecified atom stereocenters. The van der Waals surface area contributed by atoms with Gasteiger partial charge >= 0.3 is 0 Å². The molecule has 1 aromatic heterocycles. The van der Waals surface area contributed by atoms with E-state index in [2.05, 4.69) is 4.98 Å². The van der Waals surface area contributed by atoms with Crippen molar-refractivity contribution in [1.82, 2.24) is 9.88 Å². The van der Waals surface area contributed by atoms with Crippen LogP contribution in [0, 0.1) is 5.82 Å². The summed E-state index contributed by atoms with van der Waals surface area (Å²) in [5.74, 6) is -0.737. The summed E-state index contributed by atoms with van der Waals surface area (Å²) in [5.41, 5.74) is 0.136. The van der Waals surface area contributed by atoms with Gasteiger partial charge in [-0.2, -0.15) is 0 Å². The summed E-state index contributed by atoms with van der Waals surface area (Å²) in [4.78, 5) is 17.4. The van der Waals surface area contributed by atoms with Gasteiger partial charge in [-0.3, -0.25) is 9.78 Å². The van der Waals surface area contributed by atoms with Crippen LogP contribution in [-0.2, 0) is 0 Å². The summed E-state index contributed by atoms with van der Waals surface area (Å²) in [6, 6.07) is 1.45. The molecule has 0 spiro atoms. The first kappa shape index (κ1) is 11.0. The van der Waals surface area contributed by atoms with Crippen molar-refractivity contribution in [3.63, 3.8) is 0 Å². The van der Waals surface area contributed by atoms with Gasteiger partial charge in [0, 0.05) is 19.3 Å². The summed E-state index contributed by atoms with van der Waals surface area (Å²) < 4.78 is 13.4. The summed E-state index contributed by atoms with van der Waals surface area (Å²) in [5, 5.41) is 0. The molecular weight excluding hydrogens is 207 g/mol. The average Bonchev–Trinajstić information content (AvgIpc) is 2.57. The lowest BCUT2D eigenvalue weighted by Gasteiger charge is -2.20. The van der Waals surface area contributed by atoms with Gasteiger partial charge in [0.15, 0.2) is 5.82 Å². The first-order valence-electron chi connectivity index (χ1n) is 5.68. The molecule has 16 heavy (non-hydrogen) atoms. The summed E-state index contributed by atoms with van der Waals surface area (Å²) in [6.45, 7) is 1.47. The minimum Gasteiger partial charge on any atom is -0.339 e. The number of likely N-dealkylation sites (tertiary alicyclic amines) is 1. The predicted octanol–water partition coefficient (Wildman–Crippen LogP) is 2.24. The largest absolute Gasteiger partial charge is 0.339 e. The zero-order chi connectivity index (χ0) is 11.4. The van der Waals surface area contributed by atoms with Crippen LogP contribution in [0.1, 0.15) is 36.0 Å². The maximum atomic E-state index is 13.4. The van der Waals surface area contributed by atoms with Crippen molar-refractivity contribution in [1.29, 1.82) is 0 Å². The Morgan fingerprint density at radius 1 is 1.25 bits per heavy atom. The number of hydrogen-bond acceptors (Lipinski definition) is 2. The Labute approximate surface area is 94.3 Å². The lowest BCUT2D eigenvalue weighted by Crippen LogP contribution is -2.32. The molecule has 1 aliphatic rings. The third-order valence-corrected chi connectivity index (χ3v) is 2.90. The van der Waals surface area contributed by atoms with Gasteiger partial charge in [0.2, 0.25) is 0 Å². The standard InChI is InChI=1S/C12H15FN2O/c13-11-9-14-6-5-10(11)12(16)15-7-3-1-2-4-8-15/h5-6,9H,1-4,7-8H2. The topological polar surface area (TPSA) is 33.2 Å². The third kappa shape index (κ3) is 2.38. The van der Waals surface area contributed by atoms with E-state index in [4.69, 9.17) is 0 Å². The van der Waals surface area contributed by atoms with Gasteiger partial charge in [0.1, 0.15) is 0 Å². The van der Waals surface area contributed by atoms with Gasteiger partial charge in [-0.15, -0.1) is 0 Å². The Morgan fingerprint density at radius 3 is 2.56 bits per heavy atom. The van der Waals surface area contributed by atoms with E-state index >= 15 is 0 Å². The number of halogens is 1. The van der Waals surface area contributed by atoms with Crippen molar-refractivity contribution in [3.05, 3.63) is 29.8 Å². The Balaban J connectivity index is 2.14. The molecular formula is C12H15FN2O. The van der Waals surface area contributed by atoms with Gasteiger partial charge < -0.3 is 4.90 Å². The molecule has 2 heterocycles. The highest BCUT2D eigenvalue weighted by Gasteiger charge is 2.19. The van der Waals surface area contributed by atoms with E-state index in [1.807, 2.05) is 0 Å². The molecule has 0 N–H and O–H groups in total. The van der Waals surface area contributed by atoms with E-state index in [0.717, 1.165) is 45.0 Å². The minimum atomic E-state index is -0.531. The molecule has 1 saturated heterocycles. The van der Waals surface area contributed by atoms with Gasteiger partial charge in [0.25, 0.3) is 5.91 Å². The fraction of sp³-hybridized carbons (Fsp3) is 0.500. The summed E-state index contributed by atoms with van der Waals surface area (Å²) >= 11 is 0. The molecule has 0 radical (unpaired) electrons. The van der Waals surface area contributed by atoms with Crippen molar-refractivity contribution in [3.8, 4) is 0 Å². The minimum absolute atomic E-state index is 0.136. The molecule has 86 valence electrons. The van der Waals surface area contributed by atoms with Crippen LogP contribution in [0.3, 0.4) is 0 Å². The van der Waals surface area contributed by atoms with E-state index in [9.17, 15) is 9.18 Å². The zero-order valence-electron chi connectivity index (χ0n) is 9.16. The Hall–Kier alpha value is -1.45. The maximum Gasteiger partial charge on any atom is 0.256 e. The summed E-state index contributed by atoms with van der Waals surface area (Å²) in [6.07, 6.45) is 6.88. The lowest BCUT2D eigenvalue weighted by molar-refractivity contribution is 0.0756. The van der Waals surface area contributed by atoms with Crippen molar-refractivity contribution in [2.45, 2.75) is 25.7 Å². The first-order valence-corrected chi connectivity index (χ1v) is 5.68. The molecule has 0 bridgehead atoms. The van der Waals surface area contributed by atoms with Crippen LogP contribution in [0.25, 0.3) is 0 Å².